The number of carbonyl (C=O) groups excluding carboxylic acids is 2. The zero-order valence-electron chi connectivity index (χ0n) is 12.4. The van der Waals surface area contributed by atoms with E-state index in [4.69, 9.17) is 23.2 Å². The second kappa shape index (κ2) is 7.59. The molecule has 0 unspecified atom stereocenters. The topological polar surface area (TPSA) is 49.4 Å². The molecule has 0 aliphatic rings. The van der Waals surface area contributed by atoms with E-state index in [2.05, 4.69) is 5.32 Å². The van der Waals surface area contributed by atoms with Crippen LogP contribution in [0.4, 0.5) is 20.2 Å². The predicted molar refractivity (Wildman–Crippen MR) is 89.5 cm³/mol. The summed E-state index contributed by atoms with van der Waals surface area (Å²) in [5.74, 6) is -3.22. The molecule has 2 aromatic rings. The van der Waals surface area contributed by atoms with Gasteiger partial charge in [0.15, 0.2) is 0 Å². The Morgan fingerprint density at radius 2 is 1.62 bits per heavy atom. The van der Waals surface area contributed by atoms with Crippen LogP contribution in [0.5, 0.6) is 0 Å². The lowest BCUT2D eigenvalue weighted by Gasteiger charge is -2.21. The van der Waals surface area contributed by atoms with Gasteiger partial charge in [0.25, 0.3) is 0 Å². The smallest absolute Gasteiger partial charge is 0.244 e. The zero-order valence-corrected chi connectivity index (χ0v) is 14.0. The Morgan fingerprint density at radius 1 is 1.08 bits per heavy atom. The van der Waals surface area contributed by atoms with Crippen molar-refractivity contribution in [1.29, 1.82) is 0 Å². The highest BCUT2D eigenvalue weighted by atomic mass is 35.5. The van der Waals surface area contributed by atoms with Gasteiger partial charge in [-0.15, -0.1) is 0 Å². The maximum absolute atomic E-state index is 13.8. The summed E-state index contributed by atoms with van der Waals surface area (Å²) < 4.78 is 27.7. The van der Waals surface area contributed by atoms with Crippen molar-refractivity contribution in [2.45, 2.75) is 6.92 Å². The number of hydrogen-bond donors (Lipinski definition) is 1. The van der Waals surface area contributed by atoms with Gasteiger partial charge in [-0.25, -0.2) is 8.78 Å². The molecule has 0 radical (unpaired) electrons. The molecule has 8 heteroatoms. The average molecular weight is 373 g/mol. The van der Waals surface area contributed by atoms with Gasteiger partial charge in [-0.3, -0.25) is 14.5 Å². The van der Waals surface area contributed by atoms with Gasteiger partial charge >= 0.3 is 0 Å². The third-order valence-corrected chi connectivity index (χ3v) is 3.47. The highest BCUT2D eigenvalue weighted by Crippen LogP contribution is 2.25. The molecule has 2 aromatic carbocycles. The fourth-order valence-electron chi connectivity index (χ4n) is 2.06. The lowest BCUT2D eigenvalue weighted by molar-refractivity contribution is -0.120. The summed E-state index contributed by atoms with van der Waals surface area (Å²) in [6.45, 7) is 0.534. The van der Waals surface area contributed by atoms with Crippen LogP contribution in [-0.4, -0.2) is 18.4 Å². The number of anilines is 2. The molecule has 1 N–H and O–H groups in total. The average Bonchev–Trinajstić information content (AvgIpc) is 2.44. The second-order valence-electron chi connectivity index (χ2n) is 4.88. The Labute approximate surface area is 147 Å². The van der Waals surface area contributed by atoms with Gasteiger partial charge in [0, 0.05) is 22.7 Å². The standard InChI is InChI=1S/C16H12Cl2F2N2O2/c1-9(23)22(16-13(19)3-2-4-14(16)20)8-15(24)21-12-6-10(17)5-11(18)7-12/h2-7H,8H2,1H3,(H,21,24). The van der Waals surface area contributed by atoms with Crippen molar-refractivity contribution in [1.82, 2.24) is 0 Å². The Balaban J connectivity index is 2.22. The van der Waals surface area contributed by atoms with Crippen molar-refractivity contribution in [2.75, 3.05) is 16.8 Å². The SMILES string of the molecule is CC(=O)N(CC(=O)Nc1cc(Cl)cc(Cl)c1)c1c(F)cccc1F. The molecule has 0 bridgehead atoms. The molecule has 24 heavy (non-hydrogen) atoms. The van der Waals surface area contributed by atoms with Crippen molar-refractivity contribution in [3.63, 3.8) is 0 Å². The van der Waals surface area contributed by atoms with Crippen molar-refractivity contribution in [2.24, 2.45) is 0 Å². The zero-order chi connectivity index (χ0) is 17.9. The van der Waals surface area contributed by atoms with Gasteiger partial charge in [-0.1, -0.05) is 29.3 Å². The van der Waals surface area contributed by atoms with Crippen molar-refractivity contribution < 1.29 is 18.4 Å². The van der Waals surface area contributed by atoms with Crippen molar-refractivity contribution >= 4 is 46.4 Å². The Morgan fingerprint density at radius 3 is 2.12 bits per heavy atom. The van der Waals surface area contributed by atoms with E-state index in [-0.39, 0.29) is 0 Å². The van der Waals surface area contributed by atoms with E-state index in [0.29, 0.717) is 20.6 Å². The van der Waals surface area contributed by atoms with E-state index in [0.717, 1.165) is 19.1 Å². The quantitative estimate of drug-likeness (QED) is 0.871. The molecule has 126 valence electrons. The van der Waals surface area contributed by atoms with Crippen LogP contribution < -0.4 is 10.2 Å². The molecule has 0 atom stereocenters. The van der Waals surface area contributed by atoms with Crippen LogP contribution >= 0.6 is 23.2 Å². The van der Waals surface area contributed by atoms with E-state index in [1.54, 1.807) is 0 Å². The molecule has 2 amide bonds. The van der Waals surface area contributed by atoms with Crippen LogP contribution in [0.15, 0.2) is 36.4 Å². The number of nitrogens with one attached hydrogen (secondary N) is 1. The summed E-state index contributed by atoms with van der Waals surface area (Å²) in [6.07, 6.45) is 0. The van der Waals surface area contributed by atoms with E-state index in [9.17, 15) is 18.4 Å². The molecule has 0 fully saturated rings. The number of hydrogen-bond acceptors (Lipinski definition) is 2. The van der Waals surface area contributed by atoms with Crippen LogP contribution in [0, 0.1) is 11.6 Å². The predicted octanol–water partition coefficient (Wildman–Crippen LogP) is 4.26. The summed E-state index contributed by atoms with van der Waals surface area (Å²) in [5.41, 5.74) is -0.278. The fraction of sp³-hybridized carbons (Fsp3) is 0.125. The number of nitrogens with zero attached hydrogens (tertiary/aromatic N) is 1. The van der Waals surface area contributed by atoms with E-state index in [1.165, 1.54) is 24.3 Å². The lowest BCUT2D eigenvalue weighted by atomic mass is 10.2. The number of benzene rings is 2. The molecule has 0 aliphatic heterocycles. The van der Waals surface area contributed by atoms with Gasteiger partial charge in [0.05, 0.1) is 0 Å². The molecule has 4 nitrogen and oxygen atoms in total. The first-order valence-corrected chi connectivity index (χ1v) is 7.51. The Bertz CT molecular complexity index is 759. The van der Waals surface area contributed by atoms with Crippen LogP contribution in [0.2, 0.25) is 10.0 Å². The monoisotopic (exact) mass is 372 g/mol. The summed E-state index contributed by atoms with van der Waals surface area (Å²) in [4.78, 5) is 24.5. The first kappa shape index (κ1) is 18.2. The second-order valence-corrected chi connectivity index (χ2v) is 5.75. The highest BCUT2D eigenvalue weighted by molar-refractivity contribution is 6.35. The number of rotatable bonds is 4. The lowest BCUT2D eigenvalue weighted by Crippen LogP contribution is -2.37. The third-order valence-electron chi connectivity index (χ3n) is 3.04. The maximum atomic E-state index is 13.8. The van der Waals surface area contributed by atoms with Gasteiger partial charge in [-0.05, 0) is 30.3 Å². The van der Waals surface area contributed by atoms with Crippen LogP contribution in [0.3, 0.4) is 0 Å². The van der Waals surface area contributed by atoms with Crippen molar-refractivity contribution in [3.05, 3.63) is 58.1 Å². The van der Waals surface area contributed by atoms with E-state index >= 15 is 0 Å². The number of halogens is 4. The first-order chi connectivity index (χ1) is 11.3. The largest absolute Gasteiger partial charge is 0.324 e. The maximum Gasteiger partial charge on any atom is 0.244 e. The number of para-hydroxylation sites is 1. The summed E-state index contributed by atoms with van der Waals surface area (Å²) in [7, 11) is 0. The molecular formula is C16H12Cl2F2N2O2. The molecule has 0 aromatic heterocycles. The van der Waals surface area contributed by atoms with Gasteiger partial charge in [-0.2, -0.15) is 0 Å². The first-order valence-electron chi connectivity index (χ1n) is 6.76. The highest BCUT2D eigenvalue weighted by Gasteiger charge is 2.22. The normalized spacial score (nSPS) is 10.4. The van der Waals surface area contributed by atoms with Gasteiger partial charge < -0.3 is 5.32 Å². The van der Waals surface area contributed by atoms with E-state index in [1.807, 2.05) is 0 Å². The molecule has 2 rings (SSSR count). The van der Waals surface area contributed by atoms with Crippen molar-refractivity contribution in [3.8, 4) is 0 Å². The fourth-order valence-corrected chi connectivity index (χ4v) is 2.59. The Kier molecular flexibility index (Phi) is 5.75. The summed E-state index contributed by atoms with van der Waals surface area (Å²) in [5, 5.41) is 3.08. The molecule has 0 spiro atoms. The molecular weight excluding hydrogens is 361 g/mol. The van der Waals surface area contributed by atoms with Gasteiger partial charge in [0.1, 0.15) is 23.9 Å². The van der Waals surface area contributed by atoms with Crippen LogP contribution in [0.1, 0.15) is 6.92 Å². The minimum Gasteiger partial charge on any atom is -0.324 e. The number of amides is 2. The summed E-state index contributed by atoms with van der Waals surface area (Å²) >= 11 is 11.7. The molecule has 0 saturated heterocycles. The summed E-state index contributed by atoms with van der Waals surface area (Å²) in [6, 6.07) is 7.56. The van der Waals surface area contributed by atoms with Gasteiger partial charge in [0.2, 0.25) is 11.8 Å². The molecule has 0 saturated carbocycles. The molecule has 0 aliphatic carbocycles. The Hall–Kier alpha value is -2.18. The third kappa shape index (κ3) is 4.43. The van der Waals surface area contributed by atoms with Crippen LogP contribution in [-0.2, 0) is 9.59 Å². The van der Waals surface area contributed by atoms with Crippen LogP contribution in [0.25, 0.3) is 0 Å². The minimum atomic E-state index is -0.941. The number of carbonyl (C=O) groups is 2. The van der Waals surface area contributed by atoms with E-state index < -0.39 is 35.7 Å². The molecule has 0 heterocycles. The minimum absolute atomic E-state index is 0.301.